The Hall–Kier alpha value is -0.170. The Bertz CT molecular complexity index is 379. The Labute approximate surface area is 117 Å². The van der Waals surface area contributed by atoms with Crippen molar-refractivity contribution in [1.82, 2.24) is 4.31 Å². The van der Waals surface area contributed by atoms with Crippen LogP contribution in [-0.4, -0.2) is 50.8 Å². The van der Waals surface area contributed by atoms with Crippen LogP contribution in [0.4, 0.5) is 0 Å². The lowest BCUT2D eigenvalue weighted by Crippen LogP contribution is -2.49. The van der Waals surface area contributed by atoms with Gasteiger partial charge in [-0.25, -0.2) is 12.7 Å². The summed E-state index contributed by atoms with van der Waals surface area (Å²) in [6.07, 6.45) is 4.90. The third-order valence-corrected chi connectivity index (χ3v) is 5.76. The van der Waals surface area contributed by atoms with E-state index in [9.17, 15) is 8.42 Å². The number of piperidine rings is 1. The molecule has 5 nitrogen and oxygen atoms in total. The highest BCUT2D eigenvalue weighted by Gasteiger charge is 2.34. The molecule has 1 saturated heterocycles. The first-order chi connectivity index (χ1) is 8.73. The molecule has 1 heterocycles. The standard InChI is InChI=1S/C13H28N2O3S/c1-5-13(2,18-3)12(14)9-11-7-6-8-15(10-11)19(4,16)17/h11-12H,5-10,14H2,1-4H3. The molecule has 0 bridgehead atoms. The average Bonchev–Trinajstić information content (AvgIpc) is 2.37. The predicted molar refractivity (Wildman–Crippen MR) is 77.4 cm³/mol. The van der Waals surface area contributed by atoms with Crippen LogP contribution in [0.5, 0.6) is 0 Å². The van der Waals surface area contributed by atoms with E-state index >= 15 is 0 Å². The van der Waals surface area contributed by atoms with Crippen LogP contribution < -0.4 is 5.73 Å². The summed E-state index contributed by atoms with van der Waals surface area (Å²) in [5.41, 5.74) is 5.94. The quantitative estimate of drug-likeness (QED) is 0.798. The summed E-state index contributed by atoms with van der Waals surface area (Å²) < 4.78 is 30.3. The van der Waals surface area contributed by atoms with E-state index in [1.165, 1.54) is 6.26 Å². The minimum Gasteiger partial charge on any atom is -0.377 e. The zero-order valence-electron chi connectivity index (χ0n) is 12.6. The van der Waals surface area contributed by atoms with E-state index < -0.39 is 10.0 Å². The molecule has 0 aromatic carbocycles. The molecule has 0 amide bonds. The number of hydrogen-bond donors (Lipinski definition) is 1. The molecule has 0 aliphatic carbocycles. The Morgan fingerprint density at radius 2 is 2.16 bits per heavy atom. The molecule has 3 unspecified atom stereocenters. The third-order valence-electron chi connectivity index (χ3n) is 4.49. The van der Waals surface area contributed by atoms with Gasteiger partial charge in [0.1, 0.15) is 0 Å². The second-order valence-electron chi connectivity index (χ2n) is 5.84. The molecule has 114 valence electrons. The fourth-order valence-electron chi connectivity index (χ4n) is 2.69. The van der Waals surface area contributed by atoms with Crippen molar-refractivity contribution in [2.75, 3.05) is 26.5 Å². The molecule has 0 spiro atoms. The molecule has 0 radical (unpaired) electrons. The summed E-state index contributed by atoms with van der Waals surface area (Å²) in [5, 5.41) is 0. The largest absolute Gasteiger partial charge is 0.377 e. The highest BCUT2D eigenvalue weighted by atomic mass is 32.2. The normalized spacial score (nSPS) is 26.9. The van der Waals surface area contributed by atoms with Crippen molar-refractivity contribution in [2.24, 2.45) is 11.7 Å². The second kappa shape index (κ2) is 6.52. The van der Waals surface area contributed by atoms with E-state index in [-0.39, 0.29) is 11.6 Å². The first-order valence-electron chi connectivity index (χ1n) is 6.98. The highest BCUT2D eigenvalue weighted by Crippen LogP contribution is 2.27. The summed E-state index contributed by atoms with van der Waals surface area (Å²) in [6.45, 7) is 5.32. The summed E-state index contributed by atoms with van der Waals surface area (Å²) in [5.74, 6) is 0.333. The lowest BCUT2D eigenvalue weighted by Gasteiger charge is -2.38. The van der Waals surface area contributed by atoms with Crippen molar-refractivity contribution in [1.29, 1.82) is 0 Å². The topological polar surface area (TPSA) is 72.6 Å². The Balaban J connectivity index is 2.62. The minimum absolute atomic E-state index is 0.0630. The summed E-state index contributed by atoms with van der Waals surface area (Å²) in [4.78, 5) is 0. The van der Waals surface area contributed by atoms with Crippen LogP contribution in [0.2, 0.25) is 0 Å². The molecule has 1 rings (SSSR count). The van der Waals surface area contributed by atoms with Crippen LogP contribution in [-0.2, 0) is 14.8 Å². The molecule has 2 N–H and O–H groups in total. The van der Waals surface area contributed by atoms with E-state index in [1.54, 1.807) is 11.4 Å². The van der Waals surface area contributed by atoms with Gasteiger partial charge in [-0.1, -0.05) is 6.92 Å². The first kappa shape index (κ1) is 16.9. The number of nitrogens with two attached hydrogens (primary N) is 1. The van der Waals surface area contributed by atoms with Gasteiger partial charge in [-0.15, -0.1) is 0 Å². The molecular weight excluding hydrogens is 264 g/mol. The number of ether oxygens (including phenoxy) is 1. The van der Waals surface area contributed by atoms with Crippen LogP contribution in [0.3, 0.4) is 0 Å². The summed E-state index contributed by atoms with van der Waals surface area (Å²) in [7, 11) is -1.39. The molecule has 19 heavy (non-hydrogen) atoms. The van der Waals surface area contributed by atoms with E-state index in [0.29, 0.717) is 19.0 Å². The van der Waals surface area contributed by atoms with Crippen LogP contribution in [0.1, 0.15) is 39.5 Å². The molecule has 0 aromatic heterocycles. The maximum absolute atomic E-state index is 11.6. The molecule has 1 fully saturated rings. The van der Waals surface area contributed by atoms with Gasteiger partial charge < -0.3 is 10.5 Å². The lowest BCUT2D eigenvalue weighted by molar-refractivity contribution is -0.0258. The maximum Gasteiger partial charge on any atom is 0.211 e. The smallest absolute Gasteiger partial charge is 0.211 e. The highest BCUT2D eigenvalue weighted by molar-refractivity contribution is 7.88. The van der Waals surface area contributed by atoms with Gasteiger partial charge in [-0.2, -0.15) is 0 Å². The number of hydrogen-bond acceptors (Lipinski definition) is 4. The van der Waals surface area contributed by atoms with Crippen molar-refractivity contribution >= 4 is 10.0 Å². The number of methoxy groups -OCH3 is 1. The van der Waals surface area contributed by atoms with Gasteiger partial charge in [0.15, 0.2) is 0 Å². The van der Waals surface area contributed by atoms with Crippen molar-refractivity contribution in [3.63, 3.8) is 0 Å². The third kappa shape index (κ3) is 4.41. The number of nitrogens with zero attached hydrogens (tertiary/aromatic N) is 1. The molecule has 1 aliphatic heterocycles. The van der Waals surface area contributed by atoms with Gasteiger partial charge >= 0.3 is 0 Å². The Morgan fingerprint density at radius 1 is 1.53 bits per heavy atom. The van der Waals surface area contributed by atoms with E-state index in [4.69, 9.17) is 10.5 Å². The molecule has 0 aromatic rings. The molecule has 6 heteroatoms. The van der Waals surface area contributed by atoms with Crippen LogP contribution >= 0.6 is 0 Å². The Kier molecular flexibility index (Phi) is 5.79. The monoisotopic (exact) mass is 292 g/mol. The number of rotatable bonds is 6. The SMILES string of the molecule is CCC(C)(OC)C(N)CC1CCCN(S(C)(=O)=O)C1. The van der Waals surface area contributed by atoms with Crippen LogP contribution in [0, 0.1) is 5.92 Å². The van der Waals surface area contributed by atoms with Gasteiger partial charge in [0, 0.05) is 26.2 Å². The second-order valence-corrected chi connectivity index (χ2v) is 7.82. The number of sulfonamides is 1. The van der Waals surface area contributed by atoms with Crippen molar-refractivity contribution < 1.29 is 13.2 Å². The van der Waals surface area contributed by atoms with E-state index in [0.717, 1.165) is 25.7 Å². The van der Waals surface area contributed by atoms with Gasteiger partial charge in [-0.3, -0.25) is 0 Å². The maximum atomic E-state index is 11.6. The average molecular weight is 292 g/mol. The molecule has 1 aliphatic rings. The Morgan fingerprint density at radius 3 is 2.63 bits per heavy atom. The van der Waals surface area contributed by atoms with Gasteiger partial charge in [0.05, 0.1) is 11.9 Å². The van der Waals surface area contributed by atoms with E-state index in [2.05, 4.69) is 6.92 Å². The minimum atomic E-state index is -3.08. The van der Waals surface area contributed by atoms with Crippen LogP contribution in [0.15, 0.2) is 0 Å². The van der Waals surface area contributed by atoms with Gasteiger partial charge in [0.25, 0.3) is 0 Å². The van der Waals surface area contributed by atoms with Crippen molar-refractivity contribution in [2.45, 2.75) is 51.2 Å². The fourth-order valence-corrected chi connectivity index (χ4v) is 3.63. The van der Waals surface area contributed by atoms with E-state index in [1.807, 2.05) is 6.92 Å². The summed E-state index contributed by atoms with van der Waals surface area (Å²) >= 11 is 0. The zero-order chi connectivity index (χ0) is 14.7. The van der Waals surface area contributed by atoms with Gasteiger partial charge in [0.2, 0.25) is 10.0 Å². The first-order valence-corrected chi connectivity index (χ1v) is 8.83. The molecule has 0 saturated carbocycles. The van der Waals surface area contributed by atoms with Crippen molar-refractivity contribution in [3.05, 3.63) is 0 Å². The molecular formula is C13H28N2O3S. The summed E-state index contributed by atoms with van der Waals surface area (Å²) in [6, 6.07) is -0.0630. The van der Waals surface area contributed by atoms with Gasteiger partial charge in [-0.05, 0) is 38.5 Å². The zero-order valence-corrected chi connectivity index (χ0v) is 13.4. The molecule has 3 atom stereocenters. The van der Waals surface area contributed by atoms with Crippen LogP contribution in [0.25, 0.3) is 0 Å². The predicted octanol–water partition coefficient (Wildman–Crippen LogP) is 1.19. The fraction of sp³-hybridized carbons (Fsp3) is 1.00. The lowest BCUT2D eigenvalue weighted by atomic mass is 9.84. The van der Waals surface area contributed by atoms with Crippen molar-refractivity contribution in [3.8, 4) is 0 Å².